The summed E-state index contributed by atoms with van der Waals surface area (Å²) in [6.45, 7) is 3.54. The van der Waals surface area contributed by atoms with Gasteiger partial charge in [0.05, 0.1) is 25.8 Å². The van der Waals surface area contributed by atoms with Gasteiger partial charge in [-0.1, -0.05) is 18.2 Å². The minimum Gasteiger partial charge on any atom is -0.497 e. The molecule has 0 spiro atoms. The van der Waals surface area contributed by atoms with Gasteiger partial charge in [0.1, 0.15) is 11.6 Å². The van der Waals surface area contributed by atoms with Crippen molar-refractivity contribution in [2.45, 2.75) is 25.9 Å². The fraction of sp³-hybridized carbons (Fsp3) is 0.261. The molecule has 0 aliphatic carbocycles. The van der Waals surface area contributed by atoms with Gasteiger partial charge in [-0.2, -0.15) is 4.98 Å². The van der Waals surface area contributed by atoms with Crippen LogP contribution < -0.4 is 19.9 Å². The zero-order valence-electron chi connectivity index (χ0n) is 17.7. The number of amides is 2. The maximum atomic E-state index is 13.6. The van der Waals surface area contributed by atoms with Crippen molar-refractivity contribution in [3.05, 3.63) is 66.4 Å². The number of ether oxygens (including phenoxy) is 1. The molecule has 8 nitrogen and oxygen atoms in total. The molecule has 3 aromatic rings. The van der Waals surface area contributed by atoms with Crippen LogP contribution >= 0.6 is 0 Å². The highest BCUT2D eigenvalue weighted by Gasteiger charge is 2.40. The van der Waals surface area contributed by atoms with Gasteiger partial charge in [0.2, 0.25) is 5.95 Å². The maximum Gasteiger partial charge on any atom is 0.331 e. The van der Waals surface area contributed by atoms with Crippen LogP contribution in [0.2, 0.25) is 0 Å². The van der Waals surface area contributed by atoms with Crippen molar-refractivity contribution in [3.63, 3.8) is 0 Å². The molecule has 1 aromatic heterocycles. The summed E-state index contributed by atoms with van der Waals surface area (Å²) in [6, 6.07) is 15.9. The maximum absolute atomic E-state index is 13.6. The molecule has 31 heavy (non-hydrogen) atoms. The topological polar surface area (TPSA) is 90.8 Å². The Bertz CT molecular complexity index is 1060. The minimum atomic E-state index is -0.459. The first-order valence-corrected chi connectivity index (χ1v) is 10.1. The van der Waals surface area contributed by atoms with Crippen LogP contribution in [0.5, 0.6) is 5.75 Å². The summed E-state index contributed by atoms with van der Waals surface area (Å²) in [6.07, 6.45) is 1.73. The van der Waals surface area contributed by atoms with Crippen LogP contribution in [0.25, 0.3) is 0 Å². The van der Waals surface area contributed by atoms with Gasteiger partial charge >= 0.3 is 6.03 Å². The van der Waals surface area contributed by atoms with Crippen LogP contribution in [0.4, 0.5) is 27.9 Å². The van der Waals surface area contributed by atoms with E-state index in [1.165, 1.54) is 4.90 Å². The van der Waals surface area contributed by atoms with Crippen LogP contribution in [0.3, 0.4) is 0 Å². The number of fused-ring (bicyclic) bond motifs is 1. The van der Waals surface area contributed by atoms with Gasteiger partial charge in [0.15, 0.2) is 0 Å². The van der Waals surface area contributed by atoms with E-state index in [9.17, 15) is 9.90 Å². The second kappa shape index (κ2) is 8.61. The lowest BCUT2D eigenvalue weighted by molar-refractivity contribution is 0.233. The number of carbonyl (C=O) groups is 1. The molecular weight excluding hydrogens is 394 g/mol. The van der Waals surface area contributed by atoms with Gasteiger partial charge in [0, 0.05) is 23.1 Å². The number of para-hydroxylation sites is 1. The van der Waals surface area contributed by atoms with Crippen molar-refractivity contribution in [1.82, 2.24) is 9.97 Å². The van der Waals surface area contributed by atoms with E-state index in [4.69, 9.17) is 4.74 Å². The van der Waals surface area contributed by atoms with Crippen LogP contribution in [-0.4, -0.2) is 40.9 Å². The molecule has 2 amide bonds. The molecule has 160 valence electrons. The first-order valence-electron chi connectivity index (χ1n) is 10.1. The van der Waals surface area contributed by atoms with Crippen LogP contribution in [-0.2, 0) is 0 Å². The van der Waals surface area contributed by atoms with Crippen molar-refractivity contribution in [2.24, 2.45) is 0 Å². The first kappa shape index (κ1) is 20.6. The Hall–Kier alpha value is -3.65. The zero-order valence-corrected chi connectivity index (χ0v) is 17.7. The van der Waals surface area contributed by atoms with Gasteiger partial charge in [-0.15, -0.1) is 0 Å². The third kappa shape index (κ3) is 3.89. The number of aliphatic hydroxyl groups excluding tert-OH is 1. The van der Waals surface area contributed by atoms with E-state index in [1.807, 2.05) is 61.5 Å². The van der Waals surface area contributed by atoms with E-state index in [1.54, 1.807) is 25.1 Å². The zero-order chi connectivity index (χ0) is 22.0. The third-order valence-electron chi connectivity index (χ3n) is 5.36. The highest BCUT2D eigenvalue weighted by Crippen LogP contribution is 2.39. The van der Waals surface area contributed by atoms with Gasteiger partial charge < -0.3 is 15.2 Å². The molecule has 2 aromatic carbocycles. The predicted octanol–water partition coefficient (Wildman–Crippen LogP) is 4.12. The molecule has 0 bridgehead atoms. The number of benzene rings is 2. The van der Waals surface area contributed by atoms with Crippen molar-refractivity contribution in [3.8, 4) is 5.75 Å². The highest BCUT2D eigenvalue weighted by molar-refractivity contribution is 6.06. The Kier molecular flexibility index (Phi) is 5.73. The molecule has 4 rings (SSSR count). The standard InChI is InChI=1S/C23H25N5O3/c1-15(14-29)27-21-20(13-24-22(26-21)25-17-7-5-4-6-8-17)16(2)28(23(27)30)18-9-11-19(31-3)12-10-18/h4-13,15-16,29H,14H2,1-3H3,(H,24,25,26)/t15-,16-/m1/s1. The Labute approximate surface area is 181 Å². The number of aromatic nitrogens is 2. The number of hydrogen-bond acceptors (Lipinski definition) is 6. The monoisotopic (exact) mass is 419 g/mol. The predicted molar refractivity (Wildman–Crippen MR) is 120 cm³/mol. The second-order valence-corrected chi connectivity index (χ2v) is 7.39. The fourth-order valence-corrected chi connectivity index (χ4v) is 3.65. The van der Waals surface area contributed by atoms with E-state index >= 15 is 0 Å². The van der Waals surface area contributed by atoms with E-state index < -0.39 is 6.04 Å². The number of aliphatic hydroxyl groups is 1. The summed E-state index contributed by atoms with van der Waals surface area (Å²) in [7, 11) is 1.60. The summed E-state index contributed by atoms with van der Waals surface area (Å²) in [4.78, 5) is 25.9. The molecule has 0 saturated heterocycles. The molecule has 0 radical (unpaired) electrons. The molecule has 2 N–H and O–H groups in total. The quantitative estimate of drug-likeness (QED) is 0.625. The molecule has 0 saturated carbocycles. The van der Waals surface area contributed by atoms with Crippen LogP contribution in [0.15, 0.2) is 60.8 Å². The number of urea groups is 1. The van der Waals surface area contributed by atoms with Crippen LogP contribution in [0, 0.1) is 0 Å². The van der Waals surface area contributed by atoms with E-state index in [2.05, 4.69) is 15.3 Å². The normalized spacial score (nSPS) is 16.6. The summed E-state index contributed by atoms with van der Waals surface area (Å²) in [5.74, 6) is 1.59. The van der Waals surface area contributed by atoms with E-state index in [0.717, 1.165) is 16.9 Å². The number of hydrogen-bond donors (Lipinski definition) is 2. The molecule has 1 aliphatic heterocycles. The fourth-order valence-electron chi connectivity index (χ4n) is 3.65. The number of methoxy groups -OCH3 is 1. The van der Waals surface area contributed by atoms with Gasteiger partial charge in [-0.25, -0.2) is 9.78 Å². The number of rotatable bonds is 6. The third-order valence-corrected chi connectivity index (χ3v) is 5.36. The van der Waals surface area contributed by atoms with Gasteiger partial charge in [0.25, 0.3) is 0 Å². The van der Waals surface area contributed by atoms with Crippen LogP contribution in [0.1, 0.15) is 25.5 Å². The summed E-state index contributed by atoms with van der Waals surface area (Å²) >= 11 is 0. The van der Waals surface area contributed by atoms with E-state index in [-0.39, 0.29) is 18.7 Å². The number of anilines is 4. The number of nitrogens with zero attached hydrogens (tertiary/aromatic N) is 4. The lowest BCUT2D eigenvalue weighted by atomic mass is 10.0. The number of nitrogens with one attached hydrogen (secondary N) is 1. The molecular formula is C23H25N5O3. The Morgan fingerprint density at radius 2 is 1.87 bits per heavy atom. The van der Waals surface area contributed by atoms with Crippen molar-refractivity contribution < 1.29 is 14.6 Å². The minimum absolute atomic E-state index is 0.193. The summed E-state index contributed by atoms with van der Waals surface area (Å²) in [5, 5.41) is 13.0. The Morgan fingerprint density at radius 3 is 2.52 bits per heavy atom. The average molecular weight is 419 g/mol. The lowest BCUT2D eigenvalue weighted by Crippen LogP contribution is -2.54. The van der Waals surface area contributed by atoms with E-state index in [0.29, 0.717) is 17.5 Å². The second-order valence-electron chi connectivity index (χ2n) is 7.39. The average Bonchev–Trinajstić information content (AvgIpc) is 2.80. The van der Waals surface area contributed by atoms with Crippen molar-refractivity contribution >= 4 is 29.2 Å². The smallest absolute Gasteiger partial charge is 0.331 e. The largest absolute Gasteiger partial charge is 0.497 e. The summed E-state index contributed by atoms with van der Waals surface area (Å²) in [5.41, 5.74) is 2.37. The molecule has 0 fully saturated rings. The van der Waals surface area contributed by atoms with Crippen molar-refractivity contribution in [2.75, 3.05) is 28.8 Å². The van der Waals surface area contributed by atoms with Gasteiger partial charge in [-0.3, -0.25) is 9.80 Å². The van der Waals surface area contributed by atoms with Crippen molar-refractivity contribution in [1.29, 1.82) is 0 Å². The number of carbonyl (C=O) groups excluding carboxylic acids is 1. The Balaban J connectivity index is 1.75. The first-order chi connectivity index (χ1) is 15.0. The van der Waals surface area contributed by atoms with Gasteiger partial charge in [-0.05, 0) is 50.2 Å². The molecule has 2 heterocycles. The summed E-state index contributed by atoms with van der Waals surface area (Å²) < 4.78 is 5.23. The lowest BCUT2D eigenvalue weighted by Gasteiger charge is -2.42. The Morgan fingerprint density at radius 1 is 1.16 bits per heavy atom. The molecule has 2 atom stereocenters. The molecule has 0 unspecified atom stereocenters. The SMILES string of the molecule is COc1ccc(N2C(=O)N([C@H](C)CO)c3nc(Nc4ccccc4)ncc3[C@H]2C)cc1. The highest BCUT2D eigenvalue weighted by atomic mass is 16.5. The molecule has 1 aliphatic rings. The molecule has 8 heteroatoms.